The molecule has 0 amide bonds. The Balaban J connectivity index is 1.34. The Morgan fingerprint density at radius 3 is 1.53 bits per heavy atom. The van der Waals surface area contributed by atoms with Gasteiger partial charge in [0.2, 0.25) is 0 Å². The molecular weight excluding hydrogens is 544 g/mol. The molecule has 210 valence electrons. The second-order valence-electron chi connectivity index (χ2n) is 11.6. The molecule has 0 unspecified atom stereocenters. The van der Waals surface area contributed by atoms with E-state index >= 15 is 0 Å². The quantitative estimate of drug-likeness (QED) is 0.192. The Hall–Kier alpha value is -5.99. The Morgan fingerprint density at radius 1 is 0.356 bits per heavy atom. The van der Waals surface area contributed by atoms with Gasteiger partial charge in [-0.25, -0.2) is 0 Å². The maximum atomic E-state index is 4.51. The van der Waals surface area contributed by atoms with Crippen molar-refractivity contribution in [2.75, 3.05) is 0 Å². The van der Waals surface area contributed by atoms with E-state index in [4.69, 9.17) is 0 Å². The zero-order valence-electron chi connectivity index (χ0n) is 24.6. The van der Waals surface area contributed by atoms with Crippen LogP contribution in [0.3, 0.4) is 0 Å². The van der Waals surface area contributed by atoms with Crippen molar-refractivity contribution in [3.05, 3.63) is 170 Å². The summed E-state index contributed by atoms with van der Waals surface area (Å²) in [6.45, 7) is 0. The second kappa shape index (κ2) is 10.3. The summed E-state index contributed by atoms with van der Waals surface area (Å²) >= 11 is 0. The van der Waals surface area contributed by atoms with Gasteiger partial charge in [-0.1, -0.05) is 121 Å². The molecule has 2 aromatic heterocycles. The average Bonchev–Trinajstić information content (AvgIpc) is 3.45. The molecule has 0 aliphatic heterocycles. The van der Waals surface area contributed by atoms with Gasteiger partial charge in [0.15, 0.2) is 0 Å². The normalized spacial score (nSPS) is 11.6. The molecule has 9 rings (SSSR count). The van der Waals surface area contributed by atoms with Crippen LogP contribution < -0.4 is 0 Å². The van der Waals surface area contributed by atoms with Crippen LogP contribution in [0.25, 0.3) is 82.4 Å². The number of nitrogens with zero attached hydrogens (tertiary/aromatic N) is 2. The number of benzene rings is 7. The van der Waals surface area contributed by atoms with E-state index in [0.29, 0.717) is 0 Å². The van der Waals surface area contributed by atoms with Gasteiger partial charge in [-0.15, -0.1) is 0 Å². The summed E-state index contributed by atoms with van der Waals surface area (Å²) in [7, 11) is 0. The first-order chi connectivity index (χ1) is 22.3. The summed E-state index contributed by atoms with van der Waals surface area (Å²) in [6.07, 6.45) is 3.87. The third-order valence-corrected chi connectivity index (χ3v) is 9.06. The van der Waals surface area contributed by atoms with Gasteiger partial charge in [0.25, 0.3) is 0 Å². The Bertz CT molecular complexity index is 2510. The molecule has 0 N–H and O–H groups in total. The molecule has 0 saturated carbocycles. The summed E-state index contributed by atoms with van der Waals surface area (Å²) in [6, 6.07) is 57.0. The van der Waals surface area contributed by atoms with E-state index < -0.39 is 0 Å². The lowest BCUT2D eigenvalue weighted by Gasteiger charge is -2.18. The molecule has 9 aromatic rings. The van der Waals surface area contributed by atoms with Crippen LogP contribution in [0.15, 0.2) is 170 Å². The van der Waals surface area contributed by atoms with Crippen molar-refractivity contribution in [2.24, 2.45) is 0 Å². The van der Waals surface area contributed by atoms with Crippen LogP contribution in [0.1, 0.15) is 0 Å². The fourth-order valence-electron chi connectivity index (χ4n) is 7.09. The number of para-hydroxylation sites is 1. The highest BCUT2D eigenvalue weighted by molar-refractivity contribution is 6.22. The maximum absolute atomic E-state index is 4.51. The summed E-state index contributed by atoms with van der Waals surface area (Å²) in [4.78, 5) is 4.51. The van der Waals surface area contributed by atoms with Gasteiger partial charge in [0, 0.05) is 28.9 Å². The van der Waals surface area contributed by atoms with Gasteiger partial charge in [-0.05, 0) is 91.3 Å². The molecule has 0 atom stereocenters. The molecule has 0 bridgehead atoms. The first-order valence-electron chi connectivity index (χ1n) is 15.4. The maximum Gasteiger partial charge on any atom is 0.0571 e. The smallest absolute Gasteiger partial charge is 0.0571 e. The lowest BCUT2D eigenvalue weighted by molar-refractivity contribution is 1.17. The standard InChI is InChI=1S/C43H28N2/c1-4-12-29(13-5-1)42-34-18-10-11-19-35(34)43(30-14-6-2-7-15-30)38-27-31(20-22-36(38)42)32-21-23-40-37(26-32)39-28-44-25-24-41(39)45(40)33-16-8-3-9-17-33/h1-28H. The molecule has 0 radical (unpaired) electrons. The topological polar surface area (TPSA) is 17.8 Å². The highest BCUT2D eigenvalue weighted by atomic mass is 15.0. The van der Waals surface area contributed by atoms with Gasteiger partial charge < -0.3 is 4.57 Å². The van der Waals surface area contributed by atoms with Crippen molar-refractivity contribution < 1.29 is 0 Å². The highest BCUT2D eigenvalue weighted by Gasteiger charge is 2.18. The molecular formula is C43H28N2. The van der Waals surface area contributed by atoms with Crippen LogP contribution in [0.2, 0.25) is 0 Å². The van der Waals surface area contributed by atoms with E-state index in [2.05, 4.69) is 167 Å². The molecule has 7 aromatic carbocycles. The fourth-order valence-corrected chi connectivity index (χ4v) is 7.09. The predicted octanol–water partition coefficient (Wildman–Crippen LogP) is 11.5. The van der Waals surface area contributed by atoms with E-state index in [1.165, 1.54) is 65.8 Å². The third-order valence-electron chi connectivity index (χ3n) is 9.06. The minimum Gasteiger partial charge on any atom is -0.309 e. The second-order valence-corrected chi connectivity index (χ2v) is 11.6. The molecule has 0 aliphatic rings. The molecule has 2 heterocycles. The fraction of sp³-hybridized carbons (Fsp3) is 0. The Morgan fingerprint density at radius 2 is 0.867 bits per heavy atom. The van der Waals surface area contributed by atoms with Crippen molar-refractivity contribution in [2.45, 2.75) is 0 Å². The Labute approximate surface area is 261 Å². The van der Waals surface area contributed by atoms with Gasteiger partial charge in [0.05, 0.1) is 11.0 Å². The van der Waals surface area contributed by atoms with Gasteiger partial charge >= 0.3 is 0 Å². The van der Waals surface area contributed by atoms with Crippen LogP contribution in [0.4, 0.5) is 0 Å². The van der Waals surface area contributed by atoms with Crippen LogP contribution in [-0.2, 0) is 0 Å². The minimum absolute atomic E-state index is 1.15. The zero-order valence-corrected chi connectivity index (χ0v) is 24.6. The number of rotatable bonds is 4. The molecule has 0 aliphatic carbocycles. The van der Waals surface area contributed by atoms with Gasteiger partial charge in [-0.3, -0.25) is 4.98 Å². The Kier molecular flexibility index (Phi) is 5.85. The van der Waals surface area contributed by atoms with Crippen LogP contribution in [-0.4, -0.2) is 9.55 Å². The molecule has 2 nitrogen and oxygen atoms in total. The number of pyridine rings is 1. The molecule has 0 spiro atoms. The first-order valence-corrected chi connectivity index (χ1v) is 15.4. The van der Waals surface area contributed by atoms with Crippen molar-refractivity contribution in [1.82, 2.24) is 9.55 Å². The first kappa shape index (κ1) is 25.5. The number of aromatic nitrogens is 2. The largest absolute Gasteiger partial charge is 0.309 e. The third kappa shape index (κ3) is 4.07. The predicted molar refractivity (Wildman–Crippen MR) is 190 cm³/mol. The zero-order chi connectivity index (χ0) is 29.7. The monoisotopic (exact) mass is 572 g/mol. The van der Waals surface area contributed by atoms with E-state index in [1.807, 2.05) is 12.4 Å². The lowest BCUT2D eigenvalue weighted by atomic mass is 9.85. The van der Waals surface area contributed by atoms with Crippen LogP contribution >= 0.6 is 0 Å². The summed E-state index contributed by atoms with van der Waals surface area (Å²) < 4.78 is 2.34. The van der Waals surface area contributed by atoms with E-state index in [-0.39, 0.29) is 0 Å². The summed E-state index contributed by atoms with van der Waals surface area (Å²) in [5.74, 6) is 0. The minimum atomic E-state index is 1.15. The number of hydrogen-bond acceptors (Lipinski definition) is 1. The summed E-state index contributed by atoms with van der Waals surface area (Å²) in [5, 5.41) is 7.40. The van der Waals surface area contributed by atoms with Crippen molar-refractivity contribution in [3.8, 4) is 39.1 Å². The number of fused-ring (bicyclic) bond motifs is 5. The van der Waals surface area contributed by atoms with Crippen LogP contribution in [0, 0.1) is 0 Å². The molecule has 45 heavy (non-hydrogen) atoms. The van der Waals surface area contributed by atoms with Gasteiger partial charge in [0.1, 0.15) is 0 Å². The molecule has 0 saturated heterocycles. The van der Waals surface area contributed by atoms with E-state index in [0.717, 1.165) is 16.6 Å². The SMILES string of the molecule is c1ccc(-c2c3ccccc3c(-c3ccccc3)c3cc(-c4ccc5c(c4)c4cnccc4n5-c4ccccc4)ccc23)cc1. The number of hydrogen-bond donors (Lipinski definition) is 0. The lowest BCUT2D eigenvalue weighted by Crippen LogP contribution is -1.93. The average molecular weight is 573 g/mol. The van der Waals surface area contributed by atoms with Crippen molar-refractivity contribution >= 4 is 43.4 Å². The van der Waals surface area contributed by atoms with E-state index in [9.17, 15) is 0 Å². The van der Waals surface area contributed by atoms with Crippen molar-refractivity contribution in [1.29, 1.82) is 0 Å². The van der Waals surface area contributed by atoms with Gasteiger partial charge in [-0.2, -0.15) is 0 Å². The highest BCUT2D eigenvalue weighted by Crippen LogP contribution is 2.45. The van der Waals surface area contributed by atoms with Crippen LogP contribution in [0.5, 0.6) is 0 Å². The van der Waals surface area contributed by atoms with Crippen molar-refractivity contribution in [3.63, 3.8) is 0 Å². The molecule has 2 heteroatoms. The van der Waals surface area contributed by atoms with E-state index in [1.54, 1.807) is 0 Å². The molecule has 0 fully saturated rings. The summed E-state index contributed by atoms with van der Waals surface area (Å²) in [5.41, 5.74) is 10.9.